The number of carboxylic acids is 1. The topological polar surface area (TPSA) is 89.9 Å². The number of nitrogens with zero attached hydrogens (tertiary/aromatic N) is 1. The summed E-state index contributed by atoms with van der Waals surface area (Å²) in [6, 6.07) is -0.133. The van der Waals surface area contributed by atoms with Gasteiger partial charge in [-0.25, -0.2) is 4.79 Å². The third kappa shape index (κ3) is 5.04. The van der Waals surface area contributed by atoms with E-state index in [4.69, 9.17) is 10.2 Å². The zero-order valence-corrected chi connectivity index (χ0v) is 9.89. The molecule has 0 bridgehead atoms. The van der Waals surface area contributed by atoms with Crippen molar-refractivity contribution in [2.45, 2.75) is 25.7 Å². The minimum atomic E-state index is -0.844. The second-order valence-electron chi connectivity index (χ2n) is 4.34. The Morgan fingerprint density at radius 3 is 2.47 bits per heavy atom. The molecule has 0 spiro atoms. The van der Waals surface area contributed by atoms with Crippen LogP contribution in [0.15, 0.2) is 0 Å². The molecular weight excluding hydrogens is 224 g/mol. The maximum absolute atomic E-state index is 11.6. The number of amides is 2. The van der Waals surface area contributed by atoms with Gasteiger partial charge >= 0.3 is 12.0 Å². The molecule has 2 amide bonds. The van der Waals surface area contributed by atoms with E-state index in [2.05, 4.69) is 5.32 Å². The summed E-state index contributed by atoms with van der Waals surface area (Å²) in [5.41, 5.74) is 0. The SMILES string of the molecule is O=C(O)CCCNC(=O)N1CCC(CO)CC1. The minimum absolute atomic E-state index is 0.0763. The summed E-state index contributed by atoms with van der Waals surface area (Å²) < 4.78 is 0. The molecule has 98 valence electrons. The Kier molecular flexibility index (Phi) is 5.76. The summed E-state index contributed by atoms with van der Waals surface area (Å²) >= 11 is 0. The number of carboxylic acid groups (broad SMARTS) is 1. The summed E-state index contributed by atoms with van der Waals surface area (Å²) in [6.45, 7) is 1.91. The molecule has 6 heteroatoms. The third-order valence-corrected chi connectivity index (χ3v) is 3.00. The van der Waals surface area contributed by atoms with E-state index < -0.39 is 5.97 Å². The first-order chi connectivity index (χ1) is 8.13. The maximum Gasteiger partial charge on any atom is 0.317 e. The van der Waals surface area contributed by atoms with E-state index >= 15 is 0 Å². The van der Waals surface area contributed by atoms with Crippen molar-refractivity contribution < 1.29 is 19.8 Å². The molecule has 6 nitrogen and oxygen atoms in total. The summed E-state index contributed by atoms with van der Waals surface area (Å²) in [7, 11) is 0. The summed E-state index contributed by atoms with van der Waals surface area (Å²) in [6.07, 6.45) is 2.19. The van der Waals surface area contributed by atoms with Crippen LogP contribution >= 0.6 is 0 Å². The highest BCUT2D eigenvalue weighted by molar-refractivity contribution is 5.74. The molecule has 0 aromatic heterocycles. The van der Waals surface area contributed by atoms with Crippen LogP contribution in [0.2, 0.25) is 0 Å². The number of nitrogens with one attached hydrogen (secondary N) is 1. The highest BCUT2D eigenvalue weighted by Gasteiger charge is 2.21. The number of likely N-dealkylation sites (tertiary alicyclic amines) is 1. The van der Waals surface area contributed by atoms with Crippen molar-refractivity contribution in [3.63, 3.8) is 0 Å². The fraction of sp³-hybridized carbons (Fsp3) is 0.818. The van der Waals surface area contributed by atoms with E-state index in [0.29, 0.717) is 32.0 Å². The van der Waals surface area contributed by atoms with Gasteiger partial charge < -0.3 is 20.4 Å². The smallest absolute Gasteiger partial charge is 0.317 e. The second kappa shape index (κ2) is 7.11. The van der Waals surface area contributed by atoms with E-state index in [9.17, 15) is 9.59 Å². The lowest BCUT2D eigenvalue weighted by Crippen LogP contribution is -2.45. The molecule has 0 aliphatic carbocycles. The van der Waals surface area contributed by atoms with Crippen molar-refractivity contribution in [1.82, 2.24) is 10.2 Å². The molecule has 0 unspecified atom stereocenters. The Labute approximate surface area is 101 Å². The lowest BCUT2D eigenvalue weighted by Gasteiger charge is -2.31. The Balaban J connectivity index is 2.14. The quantitative estimate of drug-likeness (QED) is 0.605. The molecule has 0 atom stereocenters. The number of aliphatic hydroxyl groups excluding tert-OH is 1. The van der Waals surface area contributed by atoms with Gasteiger partial charge in [-0.3, -0.25) is 4.79 Å². The summed E-state index contributed by atoms with van der Waals surface area (Å²) in [4.78, 5) is 23.6. The van der Waals surface area contributed by atoms with Crippen molar-refractivity contribution in [3.05, 3.63) is 0 Å². The van der Waals surface area contributed by atoms with Gasteiger partial charge in [-0.1, -0.05) is 0 Å². The molecule has 0 aromatic rings. The highest BCUT2D eigenvalue weighted by Crippen LogP contribution is 2.16. The van der Waals surface area contributed by atoms with Gasteiger partial charge in [-0.05, 0) is 25.2 Å². The average molecular weight is 244 g/mol. The van der Waals surface area contributed by atoms with Crippen LogP contribution in [-0.4, -0.2) is 53.4 Å². The van der Waals surface area contributed by atoms with Crippen LogP contribution < -0.4 is 5.32 Å². The first kappa shape index (κ1) is 13.8. The van der Waals surface area contributed by atoms with Gasteiger partial charge in [0.25, 0.3) is 0 Å². The fourth-order valence-electron chi connectivity index (χ4n) is 1.87. The highest BCUT2D eigenvalue weighted by atomic mass is 16.4. The number of carbonyl (C=O) groups is 2. The standard InChI is InChI=1S/C11H20N2O4/c14-8-9-3-6-13(7-4-9)11(17)12-5-1-2-10(15)16/h9,14H,1-8H2,(H,12,17)(H,15,16). The number of urea groups is 1. The van der Waals surface area contributed by atoms with Crippen molar-refractivity contribution in [3.8, 4) is 0 Å². The first-order valence-electron chi connectivity index (χ1n) is 5.99. The number of aliphatic hydroxyl groups is 1. The molecule has 1 heterocycles. The Hall–Kier alpha value is -1.30. The van der Waals surface area contributed by atoms with Gasteiger partial charge in [0, 0.05) is 32.7 Å². The number of piperidine rings is 1. The Morgan fingerprint density at radius 1 is 1.29 bits per heavy atom. The molecule has 1 aliphatic heterocycles. The van der Waals surface area contributed by atoms with Crippen LogP contribution in [0.4, 0.5) is 4.79 Å². The molecule has 3 N–H and O–H groups in total. The van der Waals surface area contributed by atoms with Gasteiger partial charge in [-0.2, -0.15) is 0 Å². The van der Waals surface area contributed by atoms with Gasteiger partial charge in [-0.15, -0.1) is 0 Å². The third-order valence-electron chi connectivity index (χ3n) is 3.00. The molecule has 1 fully saturated rings. The van der Waals surface area contributed by atoms with Gasteiger partial charge in [0.2, 0.25) is 0 Å². The lowest BCUT2D eigenvalue weighted by atomic mass is 9.98. The van der Waals surface area contributed by atoms with Crippen LogP contribution in [0.3, 0.4) is 0 Å². The van der Waals surface area contributed by atoms with Crippen molar-refractivity contribution in [2.24, 2.45) is 5.92 Å². The Morgan fingerprint density at radius 2 is 1.94 bits per heavy atom. The summed E-state index contributed by atoms with van der Waals surface area (Å²) in [5.74, 6) is -0.533. The summed E-state index contributed by atoms with van der Waals surface area (Å²) in [5, 5.41) is 20.1. The number of hydrogen-bond acceptors (Lipinski definition) is 3. The predicted octanol–water partition coefficient (Wildman–Crippen LogP) is 0.265. The zero-order valence-electron chi connectivity index (χ0n) is 9.89. The number of carbonyl (C=O) groups excluding carboxylic acids is 1. The van der Waals surface area contributed by atoms with E-state index in [1.807, 2.05) is 0 Å². The van der Waals surface area contributed by atoms with Crippen molar-refractivity contribution in [1.29, 1.82) is 0 Å². The average Bonchev–Trinajstić information content (AvgIpc) is 2.34. The normalized spacial score (nSPS) is 16.9. The maximum atomic E-state index is 11.6. The molecule has 0 radical (unpaired) electrons. The van der Waals surface area contributed by atoms with Crippen LogP contribution in [0.5, 0.6) is 0 Å². The van der Waals surface area contributed by atoms with Gasteiger partial charge in [0.05, 0.1) is 0 Å². The number of rotatable bonds is 5. The first-order valence-corrected chi connectivity index (χ1v) is 5.99. The number of hydrogen-bond donors (Lipinski definition) is 3. The van der Waals surface area contributed by atoms with Crippen molar-refractivity contribution in [2.75, 3.05) is 26.2 Å². The molecule has 1 saturated heterocycles. The fourth-order valence-corrected chi connectivity index (χ4v) is 1.87. The molecule has 1 rings (SSSR count). The van der Waals surface area contributed by atoms with E-state index in [0.717, 1.165) is 12.8 Å². The van der Waals surface area contributed by atoms with E-state index in [1.54, 1.807) is 4.90 Å². The largest absolute Gasteiger partial charge is 0.481 e. The van der Waals surface area contributed by atoms with E-state index in [1.165, 1.54) is 0 Å². The lowest BCUT2D eigenvalue weighted by molar-refractivity contribution is -0.137. The van der Waals surface area contributed by atoms with Gasteiger partial charge in [0.1, 0.15) is 0 Å². The van der Waals surface area contributed by atoms with Crippen LogP contribution in [0, 0.1) is 5.92 Å². The Bertz CT molecular complexity index is 262. The van der Waals surface area contributed by atoms with Gasteiger partial charge in [0.15, 0.2) is 0 Å². The number of aliphatic carboxylic acids is 1. The van der Waals surface area contributed by atoms with Crippen LogP contribution in [0.1, 0.15) is 25.7 Å². The predicted molar refractivity (Wildman–Crippen MR) is 61.7 cm³/mol. The molecule has 17 heavy (non-hydrogen) atoms. The van der Waals surface area contributed by atoms with Crippen LogP contribution in [-0.2, 0) is 4.79 Å². The van der Waals surface area contributed by atoms with Crippen molar-refractivity contribution >= 4 is 12.0 Å². The second-order valence-corrected chi connectivity index (χ2v) is 4.34. The van der Waals surface area contributed by atoms with E-state index in [-0.39, 0.29) is 19.1 Å². The molecule has 0 aromatic carbocycles. The zero-order chi connectivity index (χ0) is 12.7. The monoisotopic (exact) mass is 244 g/mol. The molecule has 0 saturated carbocycles. The van der Waals surface area contributed by atoms with Crippen LogP contribution in [0.25, 0.3) is 0 Å². The molecule has 1 aliphatic rings. The minimum Gasteiger partial charge on any atom is -0.481 e. The molecular formula is C11H20N2O4.